The zero-order valence-electron chi connectivity index (χ0n) is 13.3. The molecule has 0 bridgehead atoms. The van der Waals surface area contributed by atoms with Gasteiger partial charge in [-0.2, -0.15) is 0 Å². The van der Waals surface area contributed by atoms with Crippen molar-refractivity contribution in [1.82, 2.24) is 0 Å². The summed E-state index contributed by atoms with van der Waals surface area (Å²) in [6.45, 7) is 2.28. The van der Waals surface area contributed by atoms with Crippen LogP contribution in [0.25, 0.3) is 0 Å². The number of rotatable bonds is 8. The minimum absolute atomic E-state index is 0.802. The first-order valence-electron chi connectivity index (χ1n) is 8.52. The van der Waals surface area contributed by atoms with E-state index < -0.39 is 0 Å². The van der Waals surface area contributed by atoms with E-state index in [1.807, 2.05) is 0 Å². The van der Waals surface area contributed by atoms with Gasteiger partial charge in [-0.3, -0.25) is 0 Å². The van der Waals surface area contributed by atoms with Gasteiger partial charge in [0.05, 0.1) is 7.11 Å². The maximum atomic E-state index is 5.35. The monoisotopic (exact) mass is 274 g/mol. The van der Waals surface area contributed by atoms with E-state index in [-0.39, 0.29) is 0 Å². The van der Waals surface area contributed by atoms with Crippen LogP contribution in [0.4, 0.5) is 0 Å². The van der Waals surface area contributed by atoms with Crippen LogP contribution in [0.1, 0.15) is 81.8 Å². The Hall–Kier alpha value is -0.980. The number of benzene rings is 1. The lowest BCUT2D eigenvalue weighted by Gasteiger charge is -2.26. The number of fused-ring (bicyclic) bond motifs is 1. The van der Waals surface area contributed by atoms with Crippen molar-refractivity contribution in [3.8, 4) is 5.75 Å². The van der Waals surface area contributed by atoms with Gasteiger partial charge < -0.3 is 4.74 Å². The fourth-order valence-electron chi connectivity index (χ4n) is 3.49. The number of hydrogen-bond donors (Lipinski definition) is 0. The van der Waals surface area contributed by atoms with E-state index in [2.05, 4.69) is 25.1 Å². The van der Waals surface area contributed by atoms with Crippen LogP contribution in [0.15, 0.2) is 18.2 Å². The zero-order valence-corrected chi connectivity index (χ0v) is 13.3. The minimum Gasteiger partial charge on any atom is -0.497 e. The molecule has 1 aromatic rings. The molecule has 0 N–H and O–H groups in total. The predicted octanol–water partition coefficient (Wildman–Crippen LogP) is 5.87. The molecule has 0 saturated heterocycles. The number of methoxy groups -OCH3 is 1. The molecule has 0 fully saturated rings. The molecule has 1 nitrogen and oxygen atoms in total. The first-order valence-corrected chi connectivity index (χ1v) is 8.52. The van der Waals surface area contributed by atoms with E-state index in [4.69, 9.17) is 4.74 Å². The summed E-state index contributed by atoms with van der Waals surface area (Å²) in [5.74, 6) is 1.82. The molecule has 0 saturated carbocycles. The van der Waals surface area contributed by atoms with Crippen LogP contribution >= 0.6 is 0 Å². The van der Waals surface area contributed by atoms with Gasteiger partial charge in [0.25, 0.3) is 0 Å². The molecule has 2 rings (SSSR count). The minimum atomic E-state index is 0.802. The van der Waals surface area contributed by atoms with E-state index in [0.717, 1.165) is 11.7 Å². The molecule has 1 unspecified atom stereocenters. The Bertz CT molecular complexity index is 397. The summed E-state index contributed by atoms with van der Waals surface area (Å²) in [5.41, 5.74) is 3.14. The molecule has 1 aromatic carbocycles. The molecule has 1 atom stereocenters. The third kappa shape index (κ3) is 4.26. The van der Waals surface area contributed by atoms with Crippen molar-refractivity contribution in [3.63, 3.8) is 0 Å². The van der Waals surface area contributed by atoms with E-state index in [9.17, 15) is 0 Å². The number of aryl methyl sites for hydroxylation is 1. The van der Waals surface area contributed by atoms with Gasteiger partial charge in [0.15, 0.2) is 0 Å². The first-order chi connectivity index (χ1) is 9.85. The molecule has 112 valence electrons. The normalized spacial score (nSPS) is 17.8. The number of unbranched alkanes of at least 4 members (excludes halogenated alkanes) is 5. The van der Waals surface area contributed by atoms with E-state index in [1.165, 1.54) is 69.8 Å². The molecule has 0 amide bonds. The second-order valence-electron chi connectivity index (χ2n) is 6.21. The Balaban J connectivity index is 1.82. The van der Waals surface area contributed by atoms with Crippen molar-refractivity contribution in [2.24, 2.45) is 0 Å². The van der Waals surface area contributed by atoms with Crippen molar-refractivity contribution < 1.29 is 4.74 Å². The Labute approximate surface area is 124 Å². The van der Waals surface area contributed by atoms with Crippen molar-refractivity contribution in [2.45, 2.75) is 77.0 Å². The third-order valence-corrected chi connectivity index (χ3v) is 4.69. The van der Waals surface area contributed by atoms with Crippen LogP contribution in [0, 0.1) is 0 Å². The molecule has 0 heterocycles. The molecule has 0 aliphatic heterocycles. The molecule has 1 heteroatoms. The number of ether oxygens (including phenoxy) is 1. The van der Waals surface area contributed by atoms with Crippen LogP contribution in [0.5, 0.6) is 5.75 Å². The van der Waals surface area contributed by atoms with Crippen LogP contribution < -0.4 is 4.74 Å². The zero-order chi connectivity index (χ0) is 14.2. The summed E-state index contributed by atoms with van der Waals surface area (Å²) >= 11 is 0. The molecule has 1 aliphatic carbocycles. The van der Waals surface area contributed by atoms with Crippen molar-refractivity contribution in [3.05, 3.63) is 29.3 Å². The Morgan fingerprint density at radius 3 is 2.70 bits per heavy atom. The molecule has 0 aromatic heterocycles. The number of hydrogen-bond acceptors (Lipinski definition) is 1. The standard InChI is InChI=1S/C19H30O/c1-3-4-5-6-7-8-10-16-11-9-12-17-15-18(20-2)13-14-19(16)17/h13-16H,3-12H2,1-2H3. The highest BCUT2D eigenvalue weighted by Crippen LogP contribution is 2.36. The largest absolute Gasteiger partial charge is 0.497 e. The Morgan fingerprint density at radius 1 is 1.10 bits per heavy atom. The van der Waals surface area contributed by atoms with E-state index >= 15 is 0 Å². The molecule has 0 radical (unpaired) electrons. The molecule has 0 spiro atoms. The lowest BCUT2D eigenvalue weighted by molar-refractivity contribution is 0.412. The van der Waals surface area contributed by atoms with Crippen LogP contribution in [-0.2, 0) is 6.42 Å². The lowest BCUT2D eigenvalue weighted by atomic mass is 9.80. The van der Waals surface area contributed by atoms with Gasteiger partial charge in [0.1, 0.15) is 5.75 Å². The van der Waals surface area contributed by atoms with Gasteiger partial charge >= 0.3 is 0 Å². The summed E-state index contributed by atoms with van der Waals surface area (Å²) in [5, 5.41) is 0. The van der Waals surface area contributed by atoms with Crippen molar-refractivity contribution in [1.29, 1.82) is 0 Å². The van der Waals surface area contributed by atoms with Crippen LogP contribution in [0.3, 0.4) is 0 Å². The summed E-state index contributed by atoms with van der Waals surface area (Å²) in [4.78, 5) is 0. The molecular formula is C19H30O. The lowest BCUT2D eigenvalue weighted by Crippen LogP contribution is -2.10. The average molecular weight is 274 g/mol. The molecule has 20 heavy (non-hydrogen) atoms. The fourth-order valence-corrected chi connectivity index (χ4v) is 3.49. The van der Waals surface area contributed by atoms with Gasteiger partial charge in [-0.15, -0.1) is 0 Å². The van der Waals surface area contributed by atoms with Crippen LogP contribution in [-0.4, -0.2) is 7.11 Å². The summed E-state index contributed by atoms with van der Waals surface area (Å²) in [6, 6.07) is 6.70. The first kappa shape index (κ1) is 15.4. The maximum Gasteiger partial charge on any atom is 0.119 e. The van der Waals surface area contributed by atoms with Gasteiger partial charge in [-0.05, 0) is 54.9 Å². The highest BCUT2D eigenvalue weighted by atomic mass is 16.5. The van der Waals surface area contributed by atoms with Crippen molar-refractivity contribution in [2.75, 3.05) is 7.11 Å². The topological polar surface area (TPSA) is 9.23 Å². The summed E-state index contributed by atoms with van der Waals surface area (Å²) in [6.07, 6.45) is 13.8. The van der Waals surface area contributed by atoms with Gasteiger partial charge in [0.2, 0.25) is 0 Å². The van der Waals surface area contributed by atoms with Gasteiger partial charge in [-0.1, -0.05) is 51.5 Å². The molecular weight excluding hydrogens is 244 g/mol. The van der Waals surface area contributed by atoms with Crippen LogP contribution in [0.2, 0.25) is 0 Å². The predicted molar refractivity (Wildman–Crippen MR) is 86.7 cm³/mol. The molecule has 1 aliphatic rings. The average Bonchev–Trinajstić information content (AvgIpc) is 2.50. The quantitative estimate of drug-likeness (QED) is 0.539. The second-order valence-corrected chi connectivity index (χ2v) is 6.21. The second kappa shape index (κ2) is 8.34. The maximum absolute atomic E-state index is 5.35. The third-order valence-electron chi connectivity index (χ3n) is 4.69. The Morgan fingerprint density at radius 2 is 1.90 bits per heavy atom. The highest BCUT2D eigenvalue weighted by molar-refractivity contribution is 5.39. The van der Waals surface area contributed by atoms with E-state index in [1.54, 1.807) is 12.7 Å². The smallest absolute Gasteiger partial charge is 0.119 e. The van der Waals surface area contributed by atoms with E-state index in [0.29, 0.717) is 0 Å². The SMILES string of the molecule is CCCCCCCCC1CCCc2cc(OC)ccc21. The summed E-state index contributed by atoms with van der Waals surface area (Å²) < 4.78 is 5.35. The fraction of sp³-hybridized carbons (Fsp3) is 0.684. The highest BCUT2D eigenvalue weighted by Gasteiger charge is 2.20. The van der Waals surface area contributed by atoms with Crippen molar-refractivity contribution >= 4 is 0 Å². The Kier molecular flexibility index (Phi) is 6.42. The summed E-state index contributed by atoms with van der Waals surface area (Å²) in [7, 11) is 1.76. The van der Waals surface area contributed by atoms with Gasteiger partial charge in [0, 0.05) is 0 Å². The van der Waals surface area contributed by atoms with Gasteiger partial charge in [-0.25, -0.2) is 0 Å².